The fourth-order valence-corrected chi connectivity index (χ4v) is 2.52. The van der Waals surface area contributed by atoms with E-state index in [1.54, 1.807) is 0 Å². The topological polar surface area (TPSA) is 31.4 Å². The summed E-state index contributed by atoms with van der Waals surface area (Å²) in [4.78, 5) is 9.21. The molecule has 0 saturated carbocycles. The van der Waals surface area contributed by atoms with Crippen LogP contribution in [0.1, 0.15) is 20.8 Å². The van der Waals surface area contributed by atoms with E-state index in [2.05, 4.69) is 54.0 Å². The predicted molar refractivity (Wildman–Crippen MR) is 77.3 cm³/mol. The predicted octanol–water partition coefficient (Wildman–Crippen LogP) is 2.04. The van der Waals surface area contributed by atoms with Gasteiger partial charge in [-0.15, -0.1) is 0 Å². The van der Waals surface area contributed by atoms with Gasteiger partial charge in [-0.2, -0.15) is 0 Å². The average molecular weight is 248 g/mol. The normalized spacial score (nSPS) is 25.2. The third kappa shape index (κ3) is 2.75. The molecule has 100 valence electrons. The fraction of sp³-hybridized carbons (Fsp3) is 0.643. The van der Waals surface area contributed by atoms with E-state index < -0.39 is 0 Å². The molecule has 2 heterocycles. The second-order valence-electron chi connectivity index (χ2n) is 5.23. The first-order chi connectivity index (χ1) is 8.61. The molecular weight excluding hydrogens is 224 g/mol. The lowest BCUT2D eigenvalue weighted by Gasteiger charge is -2.43. The van der Waals surface area contributed by atoms with Gasteiger partial charge in [0.15, 0.2) is 0 Å². The Hall–Kier alpha value is -1.29. The number of pyridine rings is 1. The van der Waals surface area contributed by atoms with Gasteiger partial charge >= 0.3 is 0 Å². The zero-order valence-corrected chi connectivity index (χ0v) is 11.8. The van der Waals surface area contributed by atoms with Gasteiger partial charge in [0.1, 0.15) is 0 Å². The molecule has 1 saturated heterocycles. The lowest BCUT2D eigenvalue weighted by Crippen LogP contribution is -2.55. The minimum Gasteiger partial charge on any atom is -0.384 e. The minimum atomic E-state index is 0.580. The number of rotatable bonds is 3. The van der Waals surface area contributed by atoms with Crippen molar-refractivity contribution >= 4 is 11.4 Å². The van der Waals surface area contributed by atoms with Gasteiger partial charge in [-0.1, -0.05) is 0 Å². The van der Waals surface area contributed by atoms with Crippen LogP contribution in [0.3, 0.4) is 0 Å². The van der Waals surface area contributed by atoms with Crippen molar-refractivity contribution in [2.24, 2.45) is 0 Å². The third-order valence-corrected chi connectivity index (χ3v) is 3.83. The number of hydrogen-bond acceptors (Lipinski definition) is 4. The summed E-state index contributed by atoms with van der Waals surface area (Å²) >= 11 is 0. The molecule has 0 aliphatic carbocycles. The highest BCUT2D eigenvalue weighted by Crippen LogP contribution is 2.23. The van der Waals surface area contributed by atoms with E-state index in [0.29, 0.717) is 12.1 Å². The Morgan fingerprint density at radius 1 is 1.28 bits per heavy atom. The molecule has 1 aliphatic rings. The van der Waals surface area contributed by atoms with Crippen molar-refractivity contribution in [3.8, 4) is 0 Å². The van der Waals surface area contributed by atoms with E-state index in [0.717, 1.165) is 25.3 Å². The summed E-state index contributed by atoms with van der Waals surface area (Å²) in [6, 6.07) is 3.36. The standard InChI is InChI=1S/C14H24N4/c1-5-16-13-6-14(8-15-7-13)18-9-11(2)17(4)12(3)10-18/h6-8,11-12,16H,5,9-10H2,1-4H3. The molecule has 0 amide bonds. The molecule has 0 bridgehead atoms. The van der Waals surface area contributed by atoms with Crippen LogP contribution in [0.25, 0.3) is 0 Å². The molecule has 4 heteroatoms. The summed E-state index contributed by atoms with van der Waals surface area (Å²) in [5.41, 5.74) is 2.33. The Morgan fingerprint density at radius 3 is 2.56 bits per heavy atom. The third-order valence-electron chi connectivity index (χ3n) is 3.83. The minimum absolute atomic E-state index is 0.580. The number of likely N-dealkylation sites (N-methyl/N-ethyl adjacent to an activating group) is 1. The van der Waals surface area contributed by atoms with Gasteiger partial charge in [-0.25, -0.2) is 0 Å². The molecule has 0 aromatic carbocycles. The SMILES string of the molecule is CCNc1cncc(N2CC(C)N(C)C(C)C2)c1. The van der Waals surface area contributed by atoms with Crippen LogP contribution in [0.5, 0.6) is 0 Å². The molecule has 1 fully saturated rings. The van der Waals surface area contributed by atoms with Crippen molar-refractivity contribution in [1.29, 1.82) is 0 Å². The van der Waals surface area contributed by atoms with Crippen LogP contribution in [0.2, 0.25) is 0 Å². The molecule has 1 aliphatic heterocycles. The molecule has 1 aromatic heterocycles. The summed E-state index contributed by atoms with van der Waals surface area (Å²) in [5, 5.41) is 3.32. The molecule has 1 N–H and O–H groups in total. The Bertz CT molecular complexity index is 381. The Labute approximate surface area is 110 Å². The van der Waals surface area contributed by atoms with Crippen molar-refractivity contribution in [1.82, 2.24) is 9.88 Å². The molecule has 2 rings (SSSR count). The zero-order valence-electron chi connectivity index (χ0n) is 11.8. The maximum Gasteiger partial charge on any atom is 0.0574 e. The molecule has 0 spiro atoms. The molecule has 2 unspecified atom stereocenters. The van der Waals surface area contributed by atoms with E-state index in [4.69, 9.17) is 0 Å². The largest absolute Gasteiger partial charge is 0.384 e. The van der Waals surface area contributed by atoms with Crippen molar-refractivity contribution in [3.05, 3.63) is 18.5 Å². The van der Waals surface area contributed by atoms with Crippen LogP contribution in [0, 0.1) is 0 Å². The van der Waals surface area contributed by atoms with Crippen molar-refractivity contribution < 1.29 is 0 Å². The van der Waals surface area contributed by atoms with Crippen molar-refractivity contribution in [2.45, 2.75) is 32.9 Å². The van der Waals surface area contributed by atoms with E-state index in [1.165, 1.54) is 5.69 Å². The number of hydrogen-bond donors (Lipinski definition) is 1. The summed E-state index contributed by atoms with van der Waals surface area (Å²) < 4.78 is 0. The van der Waals surface area contributed by atoms with Crippen molar-refractivity contribution in [2.75, 3.05) is 36.9 Å². The maximum atomic E-state index is 4.33. The van der Waals surface area contributed by atoms with Gasteiger partial charge in [-0.3, -0.25) is 9.88 Å². The van der Waals surface area contributed by atoms with E-state index in [-0.39, 0.29) is 0 Å². The molecule has 1 aromatic rings. The molecule has 0 radical (unpaired) electrons. The number of anilines is 2. The number of nitrogens with one attached hydrogen (secondary N) is 1. The highest BCUT2D eigenvalue weighted by Gasteiger charge is 2.26. The van der Waals surface area contributed by atoms with E-state index >= 15 is 0 Å². The monoisotopic (exact) mass is 248 g/mol. The lowest BCUT2D eigenvalue weighted by atomic mass is 10.1. The summed E-state index contributed by atoms with van der Waals surface area (Å²) in [6.07, 6.45) is 3.85. The Balaban J connectivity index is 2.13. The first-order valence-electron chi connectivity index (χ1n) is 6.77. The Kier molecular flexibility index (Phi) is 4.07. The highest BCUT2D eigenvalue weighted by molar-refractivity contribution is 5.56. The van der Waals surface area contributed by atoms with Crippen LogP contribution in [-0.4, -0.2) is 48.6 Å². The summed E-state index contributed by atoms with van der Waals surface area (Å²) in [6.45, 7) is 9.73. The van der Waals surface area contributed by atoms with Crippen LogP contribution >= 0.6 is 0 Å². The highest BCUT2D eigenvalue weighted by atomic mass is 15.3. The van der Waals surface area contributed by atoms with E-state index in [9.17, 15) is 0 Å². The lowest BCUT2D eigenvalue weighted by molar-refractivity contribution is 0.170. The quantitative estimate of drug-likeness (QED) is 0.887. The van der Waals surface area contributed by atoms with Crippen LogP contribution in [-0.2, 0) is 0 Å². The number of piperazine rings is 1. The molecule has 4 nitrogen and oxygen atoms in total. The van der Waals surface area contributed by atoms with Gasteiger partial charge < -0.3 is 10.2 Å². The smallest absolute Gasteiger partial charge is 0.0574 e. The molecule has 2 atom stereocenters. The summed E-state index contributed by atoms with van der Waals surface area (Å²) in [7, 11) is 2.21. The average Bonchev–Trinajstić information content (AvgIpc) is 2.36. The van der Waals surface area contributed by atoms with Gasteiger partial charge in [0.05, 0.1) is 23.8 Å². The van der Waals surface area contributed by atoms with Gasteiger partial charge in [0.2, 0.25) is 0 Å². The number of aromatic nitrogens is 1. The van der Waals surface area contributed by atoms with Gasteiger partial charge in [-0.05, 0) is 33.9 Å². The first kappa shape index (κ1) is 13.1. The van der Waals surface area contributed by atoms with Gasteiger partial charge in [0.25, 0.3) is 0 Å². The molecule has 18 heavy (non-hydrogen) atoms. The fourth-order valence-electron chi connectivity index (χ4n) is 2.52. The first-order valence-corrected chi connectivity index (χ1v) is 6.77. The van der Waals surface area contributed by atoms with Gasteiger partial charge in [0, 0.05) is 31.7 Å². The second-order valence-corrected chi connectivity index (χ2v) is 5.23. The van der Waals surface area contributed by atoms with Crippen LogP contribution in [0.15, 0.2) is 18.5 Å². The summed E-state index contributed by atoms with van der Waals surface area (Å²) in [5.74, 6) is 0. The Morgan fingerprint density at radius 2 is 1.94 bits per heavy atom. The number of nitrogens with zero attached hydrogens (tertiary/aromatic N) is 3. The second kappa shape index (κ2) is 5.57. The van der Waals surface area contributed by atoms with E-state index in [1.807, 2.05) is 12.4 Å². The van der Waals surface area contributed by atoms with Crippen molar-refractivity contribution in [3.63, 3.8) is 0 Å². The van der Waals surface area contributed by atoms with Crippen LogP contribution < -0.4 is 10.2 Å². The molecular formula is C14H24N4. The van der Waals surface area contributed by atoms with Crippen LogP contribution in [0.4, 0.5) is 11.4 Å². The zero-order chi connectivity index (χ0) is 13.1. The maximum absolute atomic E-state index is 4.33.